The third kappa shape index (κ3) is 5.25. The summed E-state index contributed by atoms with van der Waals surface area (Å²) in [7, 11) is 1.67. The van der Waals surface area contributed by atoms with Crippen LogP contribution in [0.3, 0.4) is 0 Å². The fourth-order valence-electron chi connectivity index (χ4n) is 2.12. The van der Waals surface area contributed by atoms with Crippen LogP contribution in [-0.4, -0.2) is 46.6 Å². The summed E-state index contributed by atoms with van der Waals surface area (Å²) in [6.07, 6.45) is 0.590. The fraction of sp³-hybridized carbons (Fsp3) is 0.412. The number of aromatic nitrogens is 2. The second-order valence-corrected chi connectivity index (χ2v) is 6.06. The van der Waals surface area contributed by atoms with E-state index in [4.69, 9.17) is 9.47 Å². The number of ether oxygens (including phenoxy) is 2. The lowest BCUT2D eigenvalue weighted by Gasteiger charge is -2.17. The number of hydrogen-bond acceptors (Lipinski definition) is 7. The Morgan fingerprint density at radius 1 is 1.20 bits per heavy atom. The number of amides is 1. The van der Waals surface area contributed by atoms with Gasteiger partial charge < -0.3 is 14.4 Å². The minimum absolute atomic E-state index is 0.280. The number of aryl methyl sites for hydroxylation is 1. The summed E-state index contributed by atoms with van der Waals surface area (Å²) >= 11 is 0.978. The van der Waals surface area contributed by atoms with Gasteiger partial charge in [-0.3, -0.25) is 4.79 Å². The average molecular weight is 363 g/mol. The monoisotopic (exact) mass is 363 g/mol. The van der Waals surface area contributed by atoms with Crippen LogP contribution in [-0.2, 0) is 22.5 Å². The topological polar surface area (TPSA) is 81.6 Å². The number of hydrogen-bond donors (Lipinski definition) is 0. The van der Waals surface area contributed by atoms with Crippen molar-refractivity contribution in [2.45, 2.75) is 26.8 Å². The number of nitrogens with zero attached hydrogens (tertiary/aromatic N) is 3. The van der Waals surface area contributed by atoms with Crippen LogP contribution in [0, 0.1) is 0 Å². The predicted molar refractivity (Wildman–Crippen MR) is 93.7 cm³/mol. The molecule has 1 aromatic heterocycles. The number of carbonyl (C=O) groups excluding carboxylic acids is 2. The Hall–Kier alpha value is -2.48. The molecule has 0 radical (unpaired) electrons. The first-order chi connectivity index (χ1) is 12.0. The fourth-order valence-corrected chi connectivity index (χ4v) is 2.76. The van der Waals surface area contributed by atoms with E-state index in [1.165, 1.54) is 4.90 Å². The summed E-state index contributed by atoms with van der Waals surface area (Å²) in [5, 5.41) is 3.86. The van der Waals surface area contributed by atoms with Crippen LogP contribution in [0.4, 0.5) is 0 Å². The molecule has 0 spiro atoms. The van der Waals surface area contributed by atoms with Crippen LogP contribution in [0.15, 0.2) is 24.3 Å². The van der Waals surface area contributed by atoms with E-state index < -0.39 is 5.97 Å². The molecule has 0 N–H and O–H groups in total. The number of benzene rings is 1. The Balaban J connectivity index is 1.84. The van der Waals surface area contributed by atoms with Gasteiger partial charge in [0.25, 0.3) is 5.91 Å². The first kappa shape index (κ1) is 18.9. The highest BCUT2D eigenvalue weighted by atomic mass is 32.1. The Labute approximate surface area is 150 Å². The van der Waals surface area contributed by atoms with Gasteiger partial charge in [-0.25, -0.2) is 4.79 Å². The lowest BCUT2D eigenvalue weighted by atomic mass is 10.2. The van der Waals surface area contributed by atoms with Crippen LogP contribution in [0.5, 0.6) is 5.75 Å². The van der Waals surface area contributed by atoms with Gasteiger partial charge >= 0.3 is 5.97 Å². The third-order valence-corrected chi connectivity index (χ3v) is 4.23. The normalized spacial score (nSPS) is 10.4. The summed E-state index contributed by atoms with van der Waals surface area (Å²) < 4.78 is 14.2. The van der Waals surface area contributed by atoms with Gasteiger partial charge in [0.05, 0.1) is 12.3 Å². The zero-order valence-electron chi connectivity index (χ0n) is 14.5. The highest BCUT2D eigenvalue weighted by Gasteiger charge is 2.19. The second-order valence-electron chi connectivity index (χ2n) is 5.31. The summed E-state index contributed by atoms with van der Waals surface area (Å²) in [5.74, 6) is -0.0496. The minimum atomic E-state index is -0.560. The van der Waals surface area contributed by atoms with Crippen molar-refractivity contribution >= 4 is 23.4 Å². The van der Waals surface area contributed by atoms with Crippen molar-refractivity contribution in [3.8, 4) is 5.75 Å². The van der Waals surface area contributed by atoms with E-state index in [1.54, 1.807) is 7.05 Å². The molecule has 0 aliphatic rings. The lowest BCUT2D eigenvalue weighted by molar-refractivity contribution is -0.133. The summed E-state index contributed by atoms with van der Waals surface area (Å²) in [4.78, 5) is 26.0. The molecule has 0 aliphatic heterocycles. The number of rotatable bonds is 8. The van der Waals surface area contributed by atoms with Crippen molar-refractivity contribution in [2.24, 2.45) is 0 Å². The van der Waals surface area contributed by atoms with Gasteiger partial charge in [-0.15, -0.1) is 5.10 Å². The van der Waals surface area contributed by atoms with E-state index in [1.807, 2.05) is 38.1 Å². The van der Waals surface area contributed by atoms with Crippen LogP contribution in [0.25, 0.3) is 0 Å². The molecule has 0 bridgehead atoms. The van der Waals surface area contributed by atoms with Crippen molar-refractivity contribution in [3.05, 3.63) is 40.4 Å². The molecule has 0 fully saturated rings. The van der Waals surface area contributed by atoms with Crippen molar-refractivity contribution in [1.82, 2.24) is 14.5 Å². The molecule has 134 valence electrons. The first-order valence-corrected chi connectivity index (χ1v) is 8.76. The van der Waals surface area contributed by atoms with Gasteiger partial charge in [0.2, 0.25) is 0 Å². The van der Waals surface area contributed by atoms with Crippen LogP contribution in [0.1, 0.15) is 34.8 Å². The molecular formula is C17H21N3O4S. The largest absolute Gasteiger partial charge is 0.494 e. The Bertz CT molecular complexity index is 715. The maximum Gasteiger partial charge on any atom is 0.352 e. The summed E-state index contributed by atoms with van der Waals surface area (Å²) in [6.45, 7) is 4.52. The third-order valence-electron chi connectivity index (χ3n) is 3.48. The molecule has 0 saturated heterocycles. The Morgan fingerprint density at radius 2 is 1.92 bits per heavy atom. The van der Waals surface area contributed by atoms with E-state index >= 15 is 0 Å². The molecule has 0 unspecified atom stereocenters. The number of carbonyl (C=O) groups is 2. The maximum atomic E-state index is 12.1. The zero-order chi connectivity index (χ0) is 18.2. The van der Waals surface area contributed by atoms with Gasteiger partial charge in [-0.2, -0.15) is 0 Å². The van der Waals surface area contributed by atoms with Gasteiger partial charge in [0.15, 0.2) is 11.5 Å². The molecule has 0 saturated carbocycles. The highest BCUT2D eigenvalue weighted by Crippen LogP contribution is 2.14. The smallest absolute Gasteiger partial charge is 0.352 e. The molecule has 1 amide bonds. The molecule has 2 aromatic rings. The van der Waals surface area contributed by atoms with E-state index in [2.05, 4.69) is 9.59 Å². The van der Waals surface area contributed by atoms with Crippen molar-refractivity contribution in [2.75, 3.05) is 20.3 Å². The quantitative estimate of drug-likeness (QED) is 0.670. The van der Waals surface area contributed by atoms with E-state index in [-0.39, 0.29) is 12.5 Å². The molecule has 0 aliphatic carbocycles. The first-order valence-electron chi connectivity index (χ1n) is 7.99. The summed E-state index contributed by atoms with van der Waals surface area (Å²) in [6, 6.07) is 7.52. The Morgan fingerprint density at radius 3 is 2.56 bits per heavy atom. The predicted octanol–water partition coefficient (Wildman–Crippen LogP) is 2.31. The van der Waals surface area contributed by atoms with E-state index in [9.17, 15) is 9.59 Å². The Kier molecular flexibility index (Phi) is 6.88. The number of esters is 1. The molecule has 8 heteroatoms. The highest BCUT2D eigenvalue weighted by molar-refractivity contribution is 7.07. The van der Waals surface area contributed by atoms with Gasteiger partial charge in [0, 0.05) is 13.6 Å². The van der Waals surface area contributed by atoms with Gasteiger partial charge in [0.1, 0.15) is 5.75 Å². The lowest BCUT2D eigenvalue weighted by Crippen LogP contribution is -2.30. The molecule has 7 nitrogen and oxygen atoms in total. The van der Waals surface area contributed by atoms with Gasteiger partial charge in [-0.1, -0.05) is 23.5 Å². The molecule has 25 heavy (non-hydrogen) atoms. The van der Waals surface area contributed by atoms with E-state index in [0.29, 0.717) is 30.1 Å². The van der Waals surface area contributed by atoms with E-state index in [0.717, 1.165) is 22.8 Å². The van der Waals surface area contributed by atoms with Crippen molar-refractivity contribution < 1.29 is 19.1 Å². The second kappa shape index (κ2) is 9.12. The average Bonchev–Trinajstić information content (AvgIpc) is 3.10. The van der Waals surface area contributed by atoms with Crippen LogP contribution >= 0.6 is 11.5 Å². The summed E-state index contributed by atoms with van der Waals surface area (Å²) in [5.41, 5.74) is 1.55. The van der Waals surface area contributed by atoms with Crippen LogP contribution in [0.2, 0.25) is 0 Å². The van der Waals surface area contributed by atoms with Crippen molar-refractivity contribution in [1.29, 1.82) is 0 Å². The SMILES string of the molecule is CCOc1ccc(CN(C)C(=O)COC(=O)c2snnc2CC)cc1. The van der Waals surface area contributed by atoms with Crippen LogP contribution < -0.4 is 4.74 Å². The standard InChI is InChI=1S/C17H21N3O4S/c1-4-14-16(25-19-18-14)17(22)24-11-15(21)20(3)10-12-6-8-13(9-7-12)23-5-2/h6-9H,4-5,10-11H2,1-3H3. The minimum Gasteiger partial charge on any atom is -0.494 e. The number of likely N-dealkylation sites (N-methyl/N-ethyl adjacent to an activating group) is 1. The zero-order valence-corrected chi connectivity index (χ0v) is 15.3. The molecule has 0 atom stereocenters. The molecular weight excluding hydrogens is 342 g/mol. The van der Waals surface area contributed by atoms with Gasteiger partial charge in [-0.05, 0) is 42.6 Å². The maximum absolute atomic E-state index is 12.1. The van der Waals surface area contributed by atoms with Crippen molar-refractivity contribution in [3.63, 3.8) is 0 Å². The molecule has 1 heterocycles. The molecule has 1 aromatic carbocycles. The molecule has 2 rings (SSSR count).